The van der Waals surface area contributed by atoms with E-state index in [4.69, 9.17) is 0 Å². The minimum atomic E-state index is -0.266. The second kappa shape index (κ2) is 5.07. The highest BCUT2D eigenvalue weighted by atomic mass is 19.1. The van der Waals surface area contributed by atoms with Crippen LogP contribution in [0.4, 0.5) is 10.1 Å². The number of nitrogens with zero attached hydrogens (tertiary/aromatic N) is 4. The molecule has 0 saturated heterocycles. The molecule has 0 amide bonds. The van der Waals surface area contributed by atoms with Crippen LogP contribution in [0.15, 0.2) is 55.1 Å². The lowest BCUT2D eigenvalue weighted by molar-refractivity contribution is 0.628. The highest BCUT2D eigenvalue weighted by Crippen LogP contribution is 2.19. The van der Waals surface area contributed by atoms with Gasteiger partial charge in [-0.2, -0.15) is 5.10 Å². The second-order valence-corrected chi connectivity index (χ2v) is 4.97. The maximum Gasteiger partial charge on any atom is 0.155 e. The van der Waals surface area contributed by atoms with Crippen molar-refractivity contribution < 1.29 is 4.39 Å². The van der Waals surface area contributed by atoms with Crippen LogP contribution in [-0.4, -0.2) is 19.6 Å². The van der Waals surface area contributed by atoms with Gasteiger partial charge in [0, 0.05) is 29.8 Å². The summed E-state index contributed by atoms with van der Waals surface area (Å²) >= 11 is 0. The van der Waals surface area contributed by atoms with E-state index in [2.05, 4.69) is 20.4 Å². The Balaban J connectivity index is 1.65. The van der Waals surface area contributed by atoms with Gasteiger partial charge in [-0.05, 0) is 18.2 Å². The van der Waals surface area contributed by atoms with Crippen molar-refractivity contribution in [3.05, 3.63) is 66.5 Å². The molecule has 0 aliphatic heterocycles. The van der Waals surface area contributed by atoms with Gasteiger partial charge in [0.15, 0.2) is 5.65 Å². The van der Waals surface area contributed by atoms with Crippen LogP contribution in [0.25, 0.3) is 16.6 Å². The van der Waals surface area contributed by atoms with Crippen molar-refractivity contribution in [2.45, 2.75) is 6.54 Å². The molecule has 22 heavy (non-hydrogen) atoms. The van der Waals surface area contributed by atoms with E-state index in [1.54, 1.807) is 29.2 Å². The molecule has 0 fully saturated rings. The normalized spacial score (nSPS) is 11.1. The summed E-state index contributed by atoms with van der Waals surface area (Å²) in [7, 11) is 0. The third kappa shape index (κ3) is 2.24. The largest absolute Gasteiger partial charge is 0.378 e. The van der Waals surface area contributed by atoms with E-state index < -0.39 is 0 Å². The van der Waals surface area contributed by atoms with Gasteiger partial charge < -0.3 is 5.32 Å². The van der Waals surface area contributed by atoms with Gasteiger partial charge in [0.2, 0.25) is 0 Å². The molecule has 3 aromatic heterocycles. The van der Waals surface area contributed by atoms with E-state index in [9.17, 15) is 4.39 Å². The summed E-state index contributed by atoms with van der Waals surface area (Å²) in [5.41, 5.74) is 3.19. The highest BCUT2D eigenvalue weighted by Gasteiger charge is 2.06. The van der Waals surface area contributed by atoms with E-state index in [-0.39, 0.29) is 5.82 Å². The van der Waals surface area contributed by atoms with E-state index in [1.165, 1.54) is 12.1 Å². The zero-order chi connectivity index (χ0) is 14.9. The second-order valence-electron chi connectivity index (χ2n) is 4.97. The number of halogens is 1. The standard InChI is InChI=1S/C16H12FN5/c17-13-6-11-2-1-4-18-16(11)12(7-13)8-19-14-9-20-15-3-5-21-22(15)10-14/h1-7,9-10,19H,8H2. The van der Waals surface area contributed by atoms with Crippen LogP contribution in [0.2, 0.25) is 0 Å². The third-order valence-electron chi connectivity index (χ3n) is 3.48. The zero-order valence-electron chi connectivity index (χ0n) is 11.6. The molecule has 4 aromatic rings. The Morgan fingerprint density at radius 2 is 2.09 bits per heavy atom. The number of nitrogens with one attached hydrogen (secondary N) is 1. The number of hydrogen-bond acceptors (Lipinski definition) is 4. The summed E-state index contributed by atoms with van der Waals surface area (Å²) in [6.07, 6.45) is 6.97. The molecule has 0 unspecified atom stereocenters. The van der Waals surface area contributed by atoms with Gasteiger partial charge in [0.25, 0.3) is 0 Å². The number of anilines is 1. The quantitative estimate of drug-likeness (QED) is 0.631. The molecule has 0 aliphatic carbocycles. The van der Waals surface area contributed by atoms with E-state index in [1.807, 2.05) is 18.3 Å². The number of hydrogen-bond donors (Lipinski definition) is 1. The Hall–Kier alpha value is -3.02. The Bertz CT molecular complexity index is 963. The first-order valence-electron chi connectivity index (χ1n) is 6.86. The molecule has 108 valence electrons. The maximum atomic E-state index is 13.7. The van der Waals surface area contributed by atoms with Crippen LogP contribution in [0.5, 0.6) is 0 Å². The Kier molecular flexibility index (Phi) is 2.93. The summed E-state index contributed by atoms with van der Waals surface area (Å²) < 4.78 is 15.4. The summed E-state index contributed by atoms with van der Waals surface area (Å²) in [4.78, 5) is 8.62. The first kappa shape index (κ1) is 12.7. The summed E-state index contributed by atoms with van der Waals surface area (Å²) in [5, 5.41) is 8.16. The lowest BCUT2D eigenvalue weighted by Crippen LogP contribution is -2.03. The van der Waals surface area contributed by atoms with Crippen LogP contribution in [0, 0.1) is 5.82 Å². The van der Waals surface area contributed by atoms with Crippen LogP contribution >= 0.6 is 0 Å². The maximum absolute atomic E-state index is 13.7. The average molecular weight is 293 g/mol. The fraction of sp³-hybridized carbons (Fsp3) is 0.0625. The van der Waals surface area contributed by atoms with Gasteiger partial charge in [-0.3, -0.25) is 4.98 Å². The monoisotopic (exact) mass is 293 g/mol. The molecule has 0 spiro atoms. The van der Waals surface area contributed by atoms with Crippen molar-refractivity contribution >= 4 is 22.2 Å². The SMILES string of the molecule is Fc1cc(CNc2cnc3ccnn3c2)c2ncccc2c1. The summed E-state index contributed by atoms with van der Waals surface area (Å²) in [6, 6.07) is 8.47. The van der Waals surface area contributed by atoms with Crippen molar-refractivity contribution in [1.82, 2.24) is 19.6 Å². The van der Waals surface area contributed by atoms with Crippen molar-refractivity contribution in [3.8, 4) is 0 Å². The zero-order valence-corrected chi connectivity index (χ0v) is 11.6. The highest BCUT2D eigenvalue weighted by molar-refractivity contribution is 5.81. The number of benzene rings is 1. The molecule has 0 radical (unpaired) electrons. The van der Waals surface area contributed by atoms with Gasteiger partial charge in [0.1, 0.15) is 5.82 Å². The number of rotatable bonds is 3. The average Bonchev–Trinajstić information content (AvgIpc) is 3.00. The van der Waals surface area contributed by atoms with Gasteiger partial charge in [0.05, 0.1) is 29.8 Å². The molecule has 5 nitrogen and oxygen atoms in total. The van der Waals surface area contributed by atoms with E-state index in [0.29, 0.717) is 6.54 Å². The van der Waals surface area contributed by atoms with Crippen LogP contribution < -0.4 is 5.32 Å². The molecule has 0 atom stereocenters. The molecule has 0 bridgehead atoms. The van der Waals surface area contributed by atoms with Gasteiger partial charge in [-0.1, -0.05) is 6.07 Å². The Labute approximate surface area is 125 Å². The van der Waals surface area contributed by atoms with E-state index >= 15 is 0 Å². The van der Waals surface area contributed by atoms with Crippen LogP contribution in [0.3, 0.4) is 0 Å². The molecule has 1 aromatic carbocycles. The third-order valence-corrected chi connectivity index (χ3v) is 3.48. The molecule has 6 heteroatoms. The van der Waals surface area contributed by atoms with Crippen LogP contribution in [-0.2, 0) is 6.54 Å². The lowest BCUT2D eigenvalue weighted by atomic mass is 10.1. The summed E-state index contributed by atoms with van der Waals surface area (Å²) in [6.45, 7) is 0.458. The predicted molar refractivity (Wildman–Crippen MR) is 82.0 cm³/mol. The minimum Gasteiger partial charge on any atom is -0.378 e. The molecule has 0 aliphatic rings. The smallest absolute Gasteiger partial charge is 0.155 e. The lowest BCUT2D eigenvalue weighted by Gasteiger charge is -2.09. The predicted octanol–water partition coefficient (Wildman–Crippen LogP) is 3.03. The fourth-order valence-electron chi connectivity index (χ4n) is 2.46. The van der Waals surface area contributed by atoms with Crippen molar-refractivity contribution in [1.29, 1.82) is 0 Å². The van der Waals surface area contributed by atoms with Crippen molar-refractivity contribution in [2.75, 3.05) is 5.32 Å². The first-order chi connectivity index (χ1) is 10.8. The first-order valence-corrected chi connectivity index (χ1v) is 6.86. The number of aromatic nitrogens is 4. The molecule has 1 N–H and O–H groups in total. The minimum absolute atomic E-state index is 0.266. The number of pyridine rings is 1. The molecule has 4 rings (SSSR count). The Morgan fingerprint density at radius 1 is 1.14 bits per heavy atom. The van der Waals surface area contributed by atoms with Crippen molar-refractivity contribution in [3.63, 3.8) is 0 Å². The summed E-state index contributed by atoms with van der Waals surface area (Å²) in [5.74, 6) is -0.266. The molecule has 0 saturated carbocycles. The van der Waals surface area contributed by atoms with Gasteiger partial charge >= 0.3 is 0 Å². The molecule has 3 heterocycles. The molecular weight excluding hydrogens is 281 g/mol. The fourth-order valence-corrected chi connectivity index (χ4v) is 2.46. The van der Waals surface area contributed by atoms with Crippen LogP contribution in [0.1, 0.15) is 5.56 Å². The number of fused-ring (bicyclic) bond motifs is 2. The topological polar surface area (TPSA) is 55.1 Å². The van der Waals surface area contributed by atoms with E-state index in [0.717, 1.165) is 27.8 Å². The van der Waals surface area contributed by atoms with Gasteiger partial charge in [-0.25, -0.2) is 13.9 Å². The molecular formula is C16H12FN5. The van der Waals surface area contributed by atoms with Gasteiger partial charge in [-0.15, -0.1) is 0 Å². The van der Waals surface area contributed by atoms with Crippen molar-refractivity contribution in [2.24, 2.45) is 0 Å². The Morgan fingerprint density at radius 3 is 3.05 bits per heavy atom.